The van der Waals surface area contributed by atoms with Crippen LogP contribution in [-0.2, 0) is 10.0 Å². The van der Waals surface area contributed by atoms with Crippen molar-refractivity contribution in [1.82, 2.24) is 4.98 Å². The van der Waals surface area contributed by atoms with Gasteiger partial charge in [-0.3, -0.25) is 0 Å². The Labute approximate surface area is 129 Å². The number of carbonyl (C=O) groups is 1. The lowest BCUT2D eigenvalue weighted by atomic mass is 10.2. The van der Waals surface area contributed by atoms with Crippen LogP contribution in [0.3, 0.4) is 0 Å². The second kappa shape index (κ2) is 6.57. The topological polar surface area (TPSA) is 87.6 Å². The third-order valence-electron chi connectivity index (χ3n) is 3.02. The van der Waals surface area contributed by atoms with Gasteiger partial charge < -0.3 is 5.11 Å². The molecule has 7 heteroatoms. The quantitative estimate of drug-likeness (QED) is 0.883. The van der Waals surface area contributed by atoms with Crippen LogP contribution in [0.1, 0.15) is 23.7 Å². The van der Waals surface area contributed by atoms with Crippen LogP contribution in [0.15, 0.2) is 53.6 Å². The van der Waals surface area contributed by atoms with E-state index >= 15 is 0 Å². The molecule has 6 nitrogen and oxygen atoms in total. The maximum Gasteiger partial charge on any atom is 0.335 e. The average Bonchev–Trinajstić information content (AvgIpc) is 2.53. The molecule has 0 spiro atoms. The molecule has 0 radical (unpaired) electrons. The molecule has 0 aliphatic rings. The molecule has 0 bridgehead atoms. The summed E-state index contributed by atoms with van der Waals surface area (Å²) in [4.78, 5) is 15.0. The first-order valence-electron chi connectivity index (χ1n) is 6.74. The van der Waals surface area contributed by atoms with Crippen LogP contribution in [0.5, 0.6) is 0 Å². The summed E-state index contributed by atoms with van der Waals surface area (Å²) in [7, 11) is -3.78. The van der Waals surface area contributed by atoms with E-state index in [-0.39, 0.29) is 10.5 Å². The van der Waals surface area contributed by atoms with Crippen LogP contribution < -0.4 is 4.31 Å². The number of aromatic carboxylic acids is 1. The van der Waals surface area contributed by atoms with E-state index < -0.39 is 16.0 Å². The number of anilines is 1. The maximum absolute atomic E-state index is 12.7. The van der Waals surface area contributed by atoms with Gasteiger partial charge in [-0.15, -0.1) is 0 Å². The van der Waals surface area contributed by atoms with E-state index in [0.29, 0.717) is 18.8 Å². The molecule has 0 saturated carbocycles. The fourth-order valence-electron chi connectivity index (χ4n) is 1.96. The number of carboxylic acid groups (broad SMARTS) is 1. The number of carboxylic acids is 1. The molecule has 1 aromatic heterocycles. The van der Waals surface area contributed by atoms with E-state index in [4.69, 9.17) is 5.11 Å². The minimum atomic E-state index is -3.78. The van der Waals surface area contributed by atoms with Gasteiger partial charge >= 0.3 is 5.97 Å². The molecular weight excluding hydrogens is 304 g/mol. The third-order valence-corrected chi connectivity index (χ3v) is 4.84. The molecule has 2 rings (SSSR count). The number of hydrogen-bond donors (Lipinski definition) is 1. The van der Waals surface area contributed by atoms with Crippen LogP contribution in [0.4, 0.5) is 5.82 Å². The van der Waals surface area contributed by atoms with Crippen LogP contribution in [0.25, 0.3) is 0 Å². The lowest BCUT2D eigenvalue weighted by Crippen LogP contribution is -2.32. The van der Waals surface area contributed by atoms with Crippen molar-refractivity contribution < 1.29 is 18.3 Å². The summed E-state index contributed by atoms with van der Waals surface area (Å²) in [5.74, 6) is -0.759. The fourth-order valence-corrected chi connectivity index (χ4v) is 3.47. The molecule has 0 atom stereocenters. The Bertz CT molecular complexity index is 743. The van der Waals surface area contributed by atoms with Crippen molar-refractivity contribution in [3.8, 4) is 0 Å². The first-order valence-corrected chi connectivity index (χ1v) is 8.18. The van der Waals surface area contributed by atoms with Gasteiger partial charge in [0, 0.05) is 12.7 Å². The smallest absolute Gasteiger partial charge is 0.335 e. The molecule has 0 aliphatic heterocycles. The van der Waals surface area contributed by atoms with Crippen molar-refractivity contribution in [2.45, 2.75) is 18.2 Å². The Morgan fingerprint density at radius 1 is 1.18 bits per heavy atom. The predicted molar refractivity (Wildman–Crippen MR) is 82.5 cm³/mol. The van der Waals surface area contributed by atoms with Gasteiger partial charge in [-0.25, -0.2) is 22.5 Å². The molecule has 0 fully saturated rings. The second-order valence-electron chi connectivity index (χ2n) is 4.59. The fraction of sp³-hybridized carbons (Fsp3) is 0.200. The number of rotatable bonds is 6. The van der Waals surface area contributed by atoms with E-state index in [1.54, 1.807) is 18.2 Å². The Kier molecular flexibility index (Phi) is 4.77. The van der Waals surface area contributed by atoms with Gasteiger partial charge in [0.15, 0.2) is 0 Å². The number of aromatic nitrogens is 1. The molecular formula is C15H16N2O4S. The maximum atomic E-state index is 12.7. The van der Waals surface area contributed by atoms with Crippen LogP contribution >= 0.6 is 0 Å². The number of nitrogens with zero attached hydrogens (tertiary/aromatic N) is 2. The number of pyridine rings is 1. The first kappa shape index (κ1) is 16.0. The molecule has 22 heavy (non-hydrogen) atoms. The molecule has 1 heterocycles. The summed E-state index contributed by atoms with van der Waals surface area (Å²) < 4.78 is 26.7. The van der Waals surface area contributed by atoms with E-state index in [1.807, 2.05) is 6.92 Å². The van der Waals surface area contributed by atoms with Crippen LogP contribution in [0.2, 0.25) is 0 Å². The summed E-state index contributed by atoms with van der Waals surface area (Å²) in [6.45, 7) is 2.17. The second-order valence-corrected chi connectivity index (χ2v) is 6.46. The highest BCUT2D eigenvalue weighted by molar-refractivity contribution is 7.92. The summed E-state index contributed by atoms with van der Waals surface area (Å²) in [6, 6.07) is 10.2. The summed E-state index contributed by atoms with van der Waals surface area (Å²) in [5.41, 5.74) is 0.0406. The van der Waals surface area contributed by atoms with Crippen molar-refractivity contribution in [1.29, 1.82) is 0 Å². The molecule has 0 saturated heterocycles. The zero-order chi connectivity index (χ0) is 16.2. The molecule has 1 N–H and O–H groups in total. The summed E-state index contributed by atoms with van der Waals surface area (Å²) >= 11 is 0. The van der Waals surface area contributed by atoms with Gasteiger partial charge in [-0.1, -0.05) is 13.0 Å². The van der Waals surface area contributed by atoms with Crippen molar-refractivity contribution in [3.63, 3.8) is 0 Å². The highest BCUT2D eigenvalue weighted by atomic mass is 32.2. The Balaban J connectivity index is 2.43. The van der Waals surface area contributed by atoms with Gasteiger partial charge in [0.05, 0.1) is 10.5 Å². The van der Waals surface area contributed by atoms with E-state index in [0.717, 1.165) is 0 Å². The lowest BCUT2D eigenvalue weighted by molar-refractivity contribution is 0.0696. The molecule has 2 aromatic rings. The minimum Gasteiger partial charge on any atom is -0.478 e. The molecule has 0 unspecified atom stereocenters. The van der Waals surface area contributed by atoms with E-state index in [1.165, 1.54) is 34.8 Å². The molecule has 0 aliphatic carbocycles. The van der Waals surface area contributed by atoms with E-state index in [9.17, 15) is 13.2 Å². The number of sulfonamides is 1. The highest BCUT2D eigenvalue weighted by Crippen LogP contribution is 2.22. The van der Waals surface area contributed by atoms with Crippen molar-refractivity contribution >= 4 is 21.8 Å². The SMILES string of the molecule is CCCN(c1ccccn1)S(=O)(=O)c1ccc(C(=O)O)cc1. The van der Waals surface area contributed by atoms with Gasteiger partial charge in [-0.2, -0.15) is 0 Å². The van der Waals surface area contributed by atoms with Gasteiger partial charge in [-0.05, 0) is 42.8 Å². The largest absolute Gasteiger partial charge is 0.478 e. The summed E-state index contributed by atoms with van der Waals surface area (Å²) in [6.07, 6.45) is 2.16. The van der Waals surface area contributed by atoms with Crippen molar-refractivity contribution in [3.05, 3.63) is 54.2 Å². The van der Waals surface area contributed by atoms with Crippen LogP contribution in [-0.4, -0.2) is 31.0 Å². The Morgan fingerprint density at radius 2 is 1.86 bits per heavy atom. The summed E-state index contributed by atoms with van der Waals surface area (Å²) in [5, 5.41) is 8.88. The first-order chi connectivity index (χ1) is 10.5. The highest BCUT2D eigenvalue weighted by Gasteiger charge is 2.25. The zero-order valence-electron chi connectivity index (χ0n) is 12.0. The lowest BCUT2D eigenvalue weighted by Gasteiger charge is -2.22. The van der Waals surface area contributed by atoms with Crippen molar-refractivity contribution in [2.24, 2.45) is 0 Å². The monoisotopic (exact) mass is 320 g/mol. The van der Waals surface area contributed by atoms with Gasteiger partial charge in [0.2, 0.25) is 0 Å². The van der Waals surface area contributed by atoms with Crippen molar-refractivity contribution in [2.75, 3.05) is 10.8 Å². The number of hydrogen-bond acceptors (Lipinski definition) is 4. The molecule has 116 valence electrons. The van der Waals surface area contributed by atoms with E-state index in [2.05, 4.69) is 4.98 Å². The zero-order valence-corrected chi connectivity index (χ0v) is 12.8. The molecule has 0 amide bonds. The Hall–Kier alpha value is -2.41. The third kappa shape index (κ3) is 3.25. The van der Waals surface area contributed by atoms with Gasteiger partial charge in [0.1, 0.15) is 5.82 Å². The Morgan fingerprint density at radius 3 is 2.36 bits per heavy atom. The predicted octanol–water partition coefficient (Wildman–Crippen LogP) is 2.39. The standard InChI is InChI=1S/C15H16N2O4S/c1-2-11-17(14-5-3-4-10-16-14)22(20,21)13-8-6-12(7-9-13)15(18)19/h3-10H,2,11H2,1H3,(H,18,19). The normalized spacial score (nSPS) is 11.1. The molecule has 1 aromatic carbocycles. The van der Waals surface area contributed by atoms with Gasteiger partial charge in [0.25, 0.3) is 10.0 Å². The average molecular weight is 320 g/mol. The number of benzene rings is 1. The van der Waals surface area contributed by atoms with Crippen LogP contribution in [0, 0.1) is 0 Å². The minimum absolute atomic E-state index is 0.0385.